The van der Waals surface area contributed by atoms with E-state index in [0.717, 1.165) is 0 Å². The van der Waals surface area contributed by atoms with Gasteiger partial charge in [0.15, 0.2) is 0 Å². The van der Waals surface area contributed by atoms with Gasteiger partial charge >= 0.3 is 69.9 Å². The predicted octanol–water partition coefficient (Wildman–Crippen LogP) is -2.73. The molecule has 7 heavy (non-hydrogen) atoms. The van der Waals surface area contributed by atoms with Crippen LogP contribution in [0.5, 0.6) is 0 Å². The summed E-state index contributed by atoms with van der Waals surface area (Å²) in [5.41, 5.74) is 0. The zero-order valence-electron chi connectivity index (χ0n) is 2.13. The second-order valence-electron chi connectivity index (χ2n) is 0. The van der Waals surface area contributed by atoms with E-state index in [1.54, 1.807) is 0 Å². The van der Waals surface area contributed by atoms with E-state index < -0.39 is 0 Å². The van der Waals surface area contributed by atoms with Gasteiger partial charge in [-0.2, -0.15) is 0 Å². The Labute approximate surface area is 117 Å². The van der Waals surface area contributed by atoms with Crippen molar-refractivity contribution in [2.75, 3.05) is 0 Å². The average Bonchev–Trinajstić information content (AvgIpc) is 0. The summed E-state index contributed by atoms with van der Waals surface area (Å²) in [4.78, 5) is 0. The fourth-order valence-corrected chi connectivity index (χ4v) is 0. The van der Waals surface area contributed by atoms with Gasteiger partial charge in [-0.1, -0.05) is 0 Å². The van der Waals surface area contributed by atoms with Crippen molar-refractivity contribution in [1.82, 2.24) is 0 Å². The summed E-state index contributed by atoms with van der Waals surface area (Å²) in [6.45, 7) is 0. The fraction of sp³-hybridized carbons (Fsp3) is 0. The van der Waals surface area contributed by atoms with Gasteiger partial charge in [0.25, 0.3) is 0 Å². The molecular formula is H6BaO3SiTiW. The van der Waals surface area contributed by atoms with Crippen LogP contribution in [0, 0.1) is 0 Å². The topological polar surface area (TPSA) is 85.5 Å². The molecule has 0 aromatic carbocycles. The van der Waals surface area contributed by atoms with Crippen molar-refractivity contribution in [2.45, 2.75) is 0 Å². The molecule has 0 N–H and O–H groups in total. The van der Waals surface area contributed by atoms with Crippen molar-refractivity contribution in [2.24, 2.45) is 0 Å². The van der Waals surface area contributed by atoms with Gasteiger partial charge in [0, 0.05) is 21.7 Å². The Kier molecular flexibility index (Phi) is 787. The van der Waals surface area contributed by atoms with Crippen molar-refractivity contribution < 1.29 is 59.2 Å². The van der Waals surface area contributed by atoms with E-state index >= 15 is 0 Å². The summed E-state index contributed by atoms with van der Waals surface area (Å²) >= 11 is 0. The molecule has 0 amide bonds. The van der Waals surface area contributed by atoms with Crippen molar-refractivity contribution in [3.8, 4) is 0 Å². The molecule has 0 heterocycles. The van der Waals surface area contributed by atoms with Crippen molar-refractivity contribution in [3.05, 3.63) is 0 Å². The molecule has 0 bridgehead atoms. The van der Waals surface area contributed by atoms with E-state index in [9.17, 15) is 0 Å². The zero-order valence-corrected chi connectivity index (χ0v) is 6.63. The van der Waals surface area contributed by atoms with Crippen LogP contribution in [0.2, 0.25) is 0 Å². The Morgan fingerprint density at radius 3 is 0.714 bits per heavy atom. The summed E-state index contributed by atoms with van der Waals surface area (Å²) in [5, 5.41) is 0. The van der Waals surface area contributed by atoms with Crippen molar-refractivity contribution in [1.29, 1.82) is 0 Å². The third-order valence-corrected chi connectivity index (χ3v) is 0. The molecule has 0 aromatic heterocycles. The molecule has 0 unspecified atom stereocenters. The summed E-state index contributed by atoms with van der Waals surface area (Å²) in [6, 6.07) is 0. The van der Waals surface area contributed by atoms with E-state index in [-0.39, 0.29) is 119 Å². The molecule has 0 saturated carbocycles. The van der Waals surface area contributed by atoms with Crippen LogP contribution in [0.3, 0.4) is 0 Å². The molecule has 0 saturated heterocycles. The molecule has 0 spiro atoms. The average molecular weight is 451 g/mol. The van der Waals surface area contributed by atoms with Gasteiger partial charge in [0.2, 0.25) is 0 Å². The molecule has 0 aliphatic carbocycles. The van der Waals surface area contributed by atoms with E-state index in [4.69, 9.17) is 0 Å². The summed E-state index contributed by atoms with van der Waals surface area (Å²) in [5.74, 6) is 0. The second-order valence-corrected chi connectivity index (χ2v) is 0. The minimum atomic E-state index is 0. The maximum Gasteiger partial charge on any atom is 6.00 e. The Hall–Kier alpha value is 3.07. The normalized spacial score (nSPS) is 0. The van der Waals surface area contributed by atoms with Crippen molar-refractivity contribution >= 4 is 59.8 Å². The van der Waals surface area contributed by atoms with E-state index in [2.05, 4.69) is 0 Å². The first-order chi connectivity index (χ1) is 0. The van der Waals surface area contributed by atoms with Crippen molar-refractivity contribution in [3.63, 3.8) is 0 Å². The maximum absolute atomic E-state index is 0. The first-order valence-corrected chi connectivity index (χ1v) is 0. The third-order valence-electron chi connectivity index (χ3n) is 0. The van der Waals surface area contributed by atoms with E-state index in [1.807, 2.05) is 0 Å². The predicted molar refractivity (Wildman–Crippen MR) is 21.9 cm³/mol. The van der Waals surface area contributed by atoms with Crippen LogP contribution in [0.15, 0.2) is 0 Å². The molecule has 0 radical (unpaired) electrons. The molecule has 0 atom stereocenters. The molecule has 0 aromatic rings. The number of hydrogen-bond donors (Lipinski definition) is 0. The first kappa shape index (κ1) is 87.9. The van der Waals surface area contributed by atoms with E-state index in [1.165, 1.54) is 0 Å². The molecule has 3 nitrogen and oxygen atoms in total. The van der Waals surface area contributed by atoms with Gasteiger partial charge in [-0.05, 0) is 11.0 Å². The Morgan fingerprint density at radius 2 is 0.714 bits per heavy atom. The first-order valence-electron chi connectivity index (χ1n) is 0. The summed E-state index contributed by atoms with van der Waals surface area (Å²) < 4.78 is 0. The molecule has 0 rings (SSSR count). The SMILES string of the molecule is [BaH2].[O-2].[O-2].[O-2].[SiH4].[Ti].[W+6]. The molecule has 0 aliphatic heterocycles. The van der Waals surface area contributed by atoms with Crippen LogP contribution in [0.1, 0.15) is 0 Å². The molecule has 0 aliphatic rings. The Morgan fingerprint density at radius 1 is 0.714 bits per heavy atom. The monoisotopic (exact) mass is 452 g/mol. The summed E-state index contributed by atoms with van der Waals surface area (Å²) in [6.07, 6.45) is 0. The second kappa shape index (κ2) is 62.7. The Bertz CT molecular complexity index is 14.9. The Balaban J connectivity index is 0. The van der Waals surface area contributed by atoms with Crippen LogP contribution >= 0.6 is 0 Å². The third kappa shape index (κ3) is 48.1. The van der Waals surface area contributed by atoms with Crippen LogP contribution in [-0.4, -0.2) is 59.8 Å². The van der Waals surface area contributed by atoms with Gasteiger partial charge in [0.05, 0.1) is 0 Å². The standard InChI is InChI=1S/Ba.3O.H4Si.Ti.W.2H/h;;;;1H4;;;;/q;3*-2;;;+6;;. The zero-order chi connectivity index (χ0) is 0. The van der Waals surface area contributed by atoms with Crippen LogP contribution in [0.4, 0.5) is 0 Å². The van der Waals surface area contributed by atoms with Crippen LogP contribution in [0.25, 0.3) is 0 Å². The quantitative estimate of drug-likeness (QED) is 0.359. The molecule has 40 valence electrons. The molecular weight excluding hydrogens is 445 g/mol. The number of hydrogen-bond acceptors (Lipinski definition) is 0. The van der Waals surface area contributed by atoms with Gasteiger partial charge < -0.3 is 16.4 Å². The maximum atomic E-state index is 0. The van der Waals surface area contributed by atoms with Gasteiger partial charge in [-0.3, -0.25) is 0 Å². The van der Waals surface area contributed by atoms with Gasteiger partial charge in [-0.25, -0.2) is 0 Å². The summed E-state index contributed by atoms with van der Waals surface area (Å²) in [7, 11) is 0. The van der Waals surface area contributed by atoms with Crippen LogP contribution in [-0.2, 0) is 59.2 Å². The van der Waals surface area contributed by atoms with Gasteiger partial charge in [0.1, 0.15) is 0 Å². The molecule has 0 fully saturated rings. The fourth-order valence-electron chi connectivity index (χ4n) is 0. The molecule has 7 heteroatoms. The minimum Gasteiger partial charge on any atom is -2.00 e. The smallest absolute Gasteiger partial charge is 2.00 e. The number of rotatable bonds is 0. The minimum absolute atomic E-state index is 0. The van der Waals surface area contributed by atoms with E-state index in [0.29, 0.717) is 0 Å². The van der Waals surface area contributed by atoms with Crippen LogP contribution < -0.4 is 0 Å². The van der Waals surface area contributed by atoms with Gasteiger partial charge in [-0.15, -0.1) is 0 Å². The largest absolute Gasteiger partial charge is 6.00 e.